The van der Waals surface area contributed by atoms with Crippen molar-refractivity contribution in [2.24, 2.45) is 5.73 Å². The fraction of sp³-hybridized carbons (Fsp3) is 0.600. The van der Waals surface area contributed by atoms with Gasteiger partial charge in [0, 0.05) is 6.42 Å². The van der Waals surface area contributed by atoms with Gasteiger partial charge in [-0.1, -0.05) is 0 Å². The van der Waals surface area contributed by atoms with Crippen LogP contribution in [0.25, 0.3) is 0 Å². The molecule has 64 valence electrons. The van der Waals surface area contributed by atoms with Crippen molar-refractivity contribution in [1.82, 2.24) is 0 Å². The molecule has 0 fully saturated rings. The molecule has 0 aliphatic heterocycles. The van der Waals surface area contributed by atoms with Crippen molar-refractivity contribution in [3.8, 4) is 0 Å². The number of aliphatic carboxylic acids is 2. The summed E-state index contributed by atoms with van der Waals surface area (Å²) in [6.45, 7) is 0. The zero-order valence-electron chi connectivity index (χ0n) is 5.53. The van der Waals surface area contributed by atoms with Crippen molar-refractivity contribution in [2.75, 3.05) is 0 Å². The van der Waals surface area contributed by atoms with Crippen LogP contribution in [-0.4, -0.2) is 34.4 Å². The summed E-state index contributed by atoms with van der Waals surface area (Å²) in [4.78, 5) is 19.8. The lowest BCUT2D eigenvalue weighted by Crippen LogP contribution is -2.35. The summed E-state index contributed by atoms with van der Waals surface area (Å²) in [7, 11) is 0. The lowest BCUT2D eigenvalue weighted by atomic mass is 10.1. The highest BCUT2D eigenvalue weighted by molar-refractivity contribution is 5.76. The second-order valence-corrected chi connectivity index (χ2v) is 1.99. The van der Waals surface area contributed by atoms with E-state index in [4.69, 9.17) is 15.9 Å². The number of alkyl halides is 1. The maximum Gasteiger partial charge on any atom is 0.338 e. The van der Waals surface area contributed by atoms with E-state index in [0.717, 1.165) is 0 Å². The summed E-state index contributed by atoms with van der Waals surface area (Å²) in [5.74, 6) is -3.10. The number of hydrogen-bond acceptors (Lipinski definition) is 3. The Hall–Kier alpha value is -1.17. The first-order chi connectivity index (χ1) is 4.95. The molecule has 0 spiro atoms. The normalized spacial score (nSPS) is 15.5. The molecule has 0 heterocycles. The van der Waals surface area contributed by atoms with Crippen LogP contribution in [0.1, 0.15) is 6.42 Å². The van der Waals surface area contributed by atoms with Gasteiger partial charge in [0.05, 0.1) is 0 Å². The highest BCUT2D eigenvalue weighted by Crippen LogP contribution is 2.00. The number of carbonyl (C=O) groups is 2. The third-order valence-electron chi connectivity index (χ3n) is 1.05. The maximum absolute atomic E-state index is 12.2. The number of carboxylic acids is 2. The van der Waals surface area contributed by atoms with Crippen LogP contribution in [0.5, 0.6) is 0 Å². The molecule has 0 aliphatic carbocycles. The van der Waals surface area contributed by atoms with Crippen LogP contribution >= 0.6 is 0 Å². The molecule has 1 unspecified atom stereocenters. The fourth-order valence-electron chi connectivity index (χ4n) is 0.425. The monoisotopic (exact) mass is 165 g/mol. The summed E-state index contributed by atoms with van der Waals surface area (Å²) in [6.07, 6.45) is -2.91. The molecule has 0 aromatic rings. The van der Waals surface area contributed by atoms with Gasteiger partial charge in [0.25, 0.3) is 0 Å². The van der Waals surface area contributed by atoms with E-state index < -0.39 is 30.6 Å². The zero-order chi connectivity index (χ0) is 9.02. The first kappa shape index (κ1) is 9.83. The van der Waals surface area contributed by atoms with Gasteiger partial charge >= 0.3 is 11.9 Å². The molecule has 2 atom stereocenters. The topological polar surface area (TPSA) is 101 Å². The number of carboxylic acid groups (broad SMARTS) is 2. The van der Waals surface area contributed by atoms with Gasteiger partial charge in [-0.05, 0) is 0 Å². The van der Waals surface area contributed by atoms with Crippen molar-refractivity contribution in [3.63, 3.8) is 0 Å². The van der Waals surface area contributed by atoms with Crippen molar-refractivity contribution >= 4 is 11.9 Å². The number of halogens is 1. The third-order valence-corrected chi connectivity index (χ3v) is 1.05. The molecule has 0 amide bonds. The Labute approximate surface area is 61.6 Å². The summed E-state index contributed by atoms with van der Waals surface area (Å²) >= 11 is 0. The Morgan fingerprint density at radius 2 is 1.82 bits per heavy atom. The molecule has 6 heteroatoms. The molecule has 0 aromatic heterocycles. The van der Waals surface area contributed by atoms with Crippen LogP contribution in [0.2, 0.25) is 0 Å². The standard InChI is InChI=1S/C5H8FNO4/c6-2(4(8)9)1-3(7)5(10)11/h2-3H,1,7H2,(H,8,9)(H,10,11)/t2-,3?/m1/s1. The van der Waals surface area contributed by atoms with E-state index in [0.29, 0.717) is 0 Å². The Morgan fingerprint density at radius 1 is 1.36 bits per heavy atom. The summed E-state index contributed by atoms with van der Waals surface area (Å²) < 4.78 is 12.2. The molecule has 5 nitrogen and oxygen atoms in total. The molecule has 0 bridgehead atoms. The van der Waals surface area contributed by atoms with Gasteiger partial charge in [0.2, 0.25) is 0 Å². The van der Waals surface area contributed by atoms with E-state index in [2.05, 4.69) is 0 Å². The summed E-state index contributed by atoms with van der Waals surface area (Å²) in [5, 5.41) is 16.1. The van der Waals surface area contributed by atoms with E-state index in [9.17, 15) is 14.0 Å². The van der Waals surface area contributed by atoms with Crippen LogP contribution in [0, 0.1) is 0 Å². The molecular weight excluding hydrogens is 157 g/mol. The fourth-order valence-corrected chi connectivity index (χ4v) is 0.425. The maximum atomic E-state index is 12.2. The second kappa shape index (κ2) is 3.87. The van der Waals surface area contributed by atoms with Crippen molar-refractivity contribution in [3.05, 3.63) is 0 Å². The number of nitrogens with two attached hydrogens (primary N) is 1. The average Bonchev–Trinajstić information content (AvgIpc) is 1.87. The molecule has 0 aromatic carbocycles. The Kier molecular flexibility index (Phi) is 3.46. The molecule has 0 saturated carbocycles. The highest BCUT2D eigenvalue weighted by atomic mass is 19.1. The Balaban J connectivity index is 3.84. The largest absolute Gasteiger partial charge is 0.480 e. The van der Waals surface area contributed by atoms with E-state index >= 15 is 0 Å². The van der Waals surface area contributed by atoms with Gasteiger partial charge in [-0.25, -0.2) is 9.18 Å². The van der Waals surface area contributed by atoms with Gasteiger partial charge in [0.15, 0.2) is 6.17 Å². The van der Waals surface area contributed by atoms with Gasteiger partial charge in [-0.15, -0.1) is 0 Å². The van der Waals surface area contributed by atoms with Crippen LogP contribution in [-0.2, 0) is 9.59 Å². The molecule has 0 saturated heterocycles. The second-order valence-electron chi connectivity index (χ2n) is 1.99. The molecule has 0 radical (unpaired) electrons. The Morgan fingerprint density at radius 3 is 2.09 bits per heavy atom. The van der Waals surface area contributed by atoms with Crippen LogP contribution in [0.4, 0.5) is 4.39 Å². The minimum atomic E-state index is -2.21. The quantitative estimate of drug-likeness (QED) is 0.506. The van der Waals surface area contributed by atoms with E-state index in [-0.39, 0.29) is 0 Å². The van der Waals surface area contributed by atoms with Gasteiger partial charge in [-0.3, -0.25) is 4.79 Å². The molecule has 11 heavy (non-hydrogen) atoms. The molecule has 0 aliphatic rings. The van der Waals surface area contributed by atoms with Crippen LogP contribution in [0.3, 0.4) is 0 Å². The first-order valence-corrected chi connectivity index (χ1v) is 2.80. The lowest BCUT2D eigenvalue weighted by Gasteiger charge is -2.06. The molecule has 0 rings (SSSR count). The van der Waals surface area contributed by atoms with E-state index in [1.54, 1.807) is 0 Å². The predicted octanol–water partition coefficient (Wildman–Crippen LogP) is -0.789. The minimum Gasteiger partial charge on any atom is -0.480 e. The molecular formula is C5H8FNO4. The van der Waals surface area contributed by atoms with Crippen molar-refractivity contribution < 1.29 is 24.2 Å². The van der Waals surface area contributed by atoms with Crippen LogP contribution < -0.4 is 5.73 Å². The average molecular weight is 165 g/mol. The zero-order valence-corrected chi connectivity index (χ0v) is 5.53. The summed E-state index contributed by atoms with van der Waals surface area (Å²) in [5.41, 5.74) is 4.85. The van der Waals surface area contributed by atoms with Crippen molar-refractivity contribution in [2.45, 2.75) is 18.6 Å². The number of hydrogen-bond donors (Lipinski definition) is 3. The van der Waals surface area contributed by atoms with Gasteiger partial charge in [-0.2, -0.15) is 0 Å². The summed E-state index contributed by atoms with van der Waals surface area (Å²) in [6, 6.07) is -1.46. The first-order valence-electron chi connectivity index (χ1n) is 2.80. The Bertz CT molecular complexity index is 154. The van der Waals surface area contributed by atoms with E-state index in [1.165, 1.54) is 0 Å². The molecule has 4 N–H and O–H groups in total. The predicted molar refractivity (Wildman–Crippen MR) is 32.8 cm³/mol. The smallest absolute Gasteiger partial charge is 0.338 e. The van der Waals surface area contributed by atoms with Gasteiger partial charge < -0.3 is 15.9 Å². The van der Waals surface area contributed by atoms with Crippen molar-refractivity contribution in [1.29, 1.82) is 0 Å². The van der Waals surface area contributed by atoms with E-state index in [1.807, 2.05) is 0 Å². The highest BCUT2D eigenvalue weighted by Gasteiger charge is 2.23. The number of rotatable bonds is 4. The SMILES string of the molecule is NC(C[C@@H](F)C(=O)O)C(=O)O. The minimum absolute atomic E-state index is 0.704. The third kappa shape index (κ3) is 3.51. The van der Waals surface area contributed by atoms with Crippen LogP contribution in [0.15, 0.2) is 0 Å². The lowest BCUT2D eigenvalue weighted by molar-refractivity contribution is -0.144. The van der Waals surface area contributed by atoms with Gasteiger partial charge in [0.1, 0.15) is 6.04 Å².